The van der Waals surface area contributed by atoms with Crippen molar-refractivity contribution in [2.45, 2.75) is 49.9 Å². The number of nitrogens with two attached hydrogens (primary N) is 4. The Bertz CT molecular complexity index is 656. The summed E-state index contributed by atoms with van der Waals surface area (Å²) >= 11 is 0. The summed E-state index contributed by atoms with van der Waals surface area (Å²) in [7, 11) is 0. The zero-order valence-corrected chi connectivity index (χ0v) is 17.6. The Morgan fingerprint density at radius 2 is 1.13 bits per heavy atom. The van der Waals surface area contributed by atoms with E-state index in [0.717, 1.165) is 38.8 Å². The van der Waals surface area contributed by atoms with Crippen LogP contribution in [-0.4, -0.2) is 90.1 Å². The van der Waals surface area contributed by atoms with E-state index in [2.05, 4.69) is 14.7 Å². The van der Waals surface area contributed by atoms with Crippen LogP contribution in [0, 0.1) is 5.92 Å². The number of hydrogen-bond acceptors (Lipinski definition) is 11. The molecule has 3 aliphatic rings. The average Bonchev–Trinajstić information content (AvgIpc) is 2.72. The van der Waals surface area contributed by atoms with Gasteiger partial charge in [0, 0.05) is 70.0 Å². The normalized spacial score (nSPS) is 33.1. The summed E-state index contributed by atoms with van der Waals surface area (Å²) in [6.45, 7) is 4.41. The van der Waals surface area contributed by atoms with E-state index < -0.39 is 0 Å². The number of rotatable bonds is 4. The van der Waals surface area contributed by atoms with Crippen LogP contribution in [0.25, 0.3) is 0 Å². The Balaban J connectivity index is 1.66. The van der Waals surface area contributed by atoms with Gasteiger partial charge in [0.25, 0.3) is 0 Å². The molecule has 3 fully saturated rings. The van der Waals surface area contributed by atoms with Gasteiger partial charge >= 0.3 is 0 Å². The zero-order valence-electron chi connectivity index (χ0n) is 17.6. The van der Waals surface area contributed by atoms with E-state index in [4.69, 9.17) is 37.9 Å². The van der Waals surface area contributed by atoms with Crippen molar-refractivity contribution in [3.05, 3.63) is 0 Å². The van der Waals surface area contributed by atoms with Crippen LogP contribution in [0.15, 0.2) is 0 Å². The monoisotopic (exact) mass is 420 g/mol. The fraction of sp³-hybridized carbons (Fsp3) is 0.842. The second-order valence-electron chi connectivity index (χ2n) is 9.19. The summed E-state index contributed by atoms with van der Waals surface area (Å²) in [6.07, 6.45) is 3.60. The number of hydrogen-bond donors (Lipinski definition) is 5. The maximum atomic E-state index is 9.64. The predicted octanol–water partition coefficient (Wildman–Crippen LogP) is -2.19. The van der Waals surface area contributed by atoms with E-state index in [0.29, 0.717) is 44.0 Å². The highest BCUT2D eigenvalue weighted by Gasteiger charge is 2.30. The summed E-state index contributed by atoms with van der Waals surface area (Å²) < 4.78 is 0. The summed E-state index contributed by atoms with van der Waals surface area (Å²) in [5.41, 5.74) is 24.9. The second-order valence-corrected chi connectivity index (χ2v) is 9.19. The second kappa shape index (κ2) is 9.15. The fourth-order valence-corrected chi connectivity index (χ4v) is 4.85. The van der Waals surface area contributed by atoms with Gasteiger partial charge in [-0.05, 0) is 31.6 Å². The fourth-order valence-electron chi connectivity index (χ4n) is 4.85. The van der Waals surface area contributed by atoms with E-state index in [9.17, 15) is 5.11 Å². The predicted molar refractivity (Wildman–Crippen MR) is 117 cm³/mol. The highest BCUT2D eigenvalue weighted by atomic mass is 16.3. The summed E-state index contributed by atoms with van der Waals surface area (Å²) in [5.74, 6) is 2.06. The molecule has 9 N–H and O–H groups in total. The Hall–Kier alpha value is -1.79. The van der Waals surface area contributed by atoms with E-state index in [1.807, 2.05) is 0 Å². The van der Waals surface area contributed by atoms with Crippen molar-refractivity contribution in [3.63, 3.8) is 0 Å². The first kappa shape index (κ1) is 21.4. The number of aliphatic hydroxyl groups is 1. The standard InChI is InChI=1S/C19H36N10O/c20-13-4-14(21)8-28(7-13)18-24-17(27-3-1-2-12(6-27)11-30)25-19(26-18)29-9-15(22)5-16(23)10-29/h12-16,30H,1-11,20-23H2. The lowest BCUT2D eigenvalue weighted by Crippen LogP contribution is -2.54. The van der Waals surface area contributed by atoms with Gasteiger partial charge in [0.05, 0.1) is 0 Å². The molecule has 11 heteroatoms. The molecule has 1 aromatic rings. The van der Waals surface area contributed by atoms with Crippen LogP contribution in [0.4, 0.5) is 17.8 Å². The first-order chi connectivity index (χ1) is 14.4. The molecule has 4 heterocycles. The third-order valence-electron chi connectivity index (χ3n) is 6.26. The SMILES string of the molecule is NC1CC(N)CN(c2nc(N3CC(N)CC(N)C3)nc(N3CCCC(CO)C3)n2)C1. The van der Waals surface area contributed by atoms with Gasteiger partial charge in [0.15, 0.2) is 0 Å². The van der Waals surface area contributed by atoms with Crippen LogP contribution >= 0.6 is 0 Å². The molecule has 3 saturated heterocycles. The smallest absolute Gasteiger partial charge is 0.232 e. The third-order valence-corrected chi connectivity index (χ3v) is 6.26. The van der Waals surface area contributed by atoms with Crippen molar-refractivity contribution in [1.29, 1.82) is 0 Å². The van der Waals surface area contributed by atoms with Crippen molar-refractivity contribution >= 4 is 17.8 Å². The number of nitrogens with zero attached hydrogens (tertiary/aromatic N) is 6. The maximum absolute atomic E-state index is 9.64. The minimum absolute atomic E-state index is 0.0111. The quantitative estimate of drug-likeness (QED) is 0.358. The lowest BCUT2D eigenvalue weighted by molar-refractivity contribution is 0.208. The van der Waals surface area contributed by atoms with Gasteiger partial charge in [-0.2, -0.15) is 15.0 Å². The van der Waals surface area contributed by atoms with E-state index >= 15 is 0 Å². The molecule has 0 spiro atoms. The molecule has 0 aliphatic carbocycles. The lowest BCUT2D eigenvalue weighted by atomic mass is 9.99. The Labute approximate surface area is 177 Å². The number of aromatic nitrogens is 3. The van der Waals surface area contributed by atoms with E-state index in [1.165, 1.54) is 0 Å². The first-order valence-corrected chi connectivity index (χ1v) is 11.1. The Morgan fingerprint density at radius 1 is 0.700 bits per heavy atom. The van der Waals surface area contributed by atoms with Crippen LogP contribution in [0.2, 0.25) is 0 Å². The molecular formula is C19H36N10O. The molecule has 0 aromatic carbocycles. The van der Waals surface area contributed by atoms with Crippen LogP contribution in [0.3, 0.4) is 0 Å². The van der Waals surface area contributed by atoms with Gasteiger partial charge < -0.3 is 42.7 Å². The molecule has 0 saturated carbocycles. The molecule has 1 aromatic heterocycles. The zero-order chi connectivity index (χ0) is 21.3. The first-order valence-electron chi connectivity index (χ1n) is 11.1. The Kier molecular flexibility index (Phi) is 6.54. The molecule has 3 aliphatic heterocycles. The van der Waals surface area contributed by atoms with Crippen LogP contribution < -0.4 is 37.6 Å². The minimum Gasteiger partial charge on any atom is -0.396 e. The van der Waals surface area contributed by atoms with Crippen molar-refractivity contribution in [3.8, 4) is 0 Å². The van der Waals surface area contributed by atoms with E-state index in [1.54, 1.807) is 0 Å². The lowest BCUT2D eigenvalue weighted by Gasteiger charge is -2.38. The Morgan fingerprint density at radius 3 is 1.57 bits per heavy atom. The van der Waals surface area contributed by atoms with Crippen LogP contribution in [0.1, 0.15) is 25.7 Å². The van der Waals surface area contributed by atoms with Gasteiger partial charge in [-0.15, -0.1) is 0 Å². The highest BCUT2D eigenvalue weighted by molar-refractivity contribution is 5.48. The largest absolute Gasteiger partial charge is 0.396 e. The molecule has 5 atom stereocenters. The minimum atomic E-state index is -0.0111. The van der Waals surface area contributed by atoms with Gasteiger partial charge in [0.2, 0.25) is 17.8 Å². The van der Waals surface area contributed by atoms with Gasteiger partial charge in [-0.3, -0.25) is 0 Å². The maximum Gasteiger partial charge on any atom is 0.232 e. The molecule has 11 nitrogen and oxygen atoms in total. The molecule has 0 radical (unpaired) electrons. The molecular weight excluding hydrogens is 384 g/mol. The number of piperidine rings is 3. The highest BCUT2D eigenvalue weighted by Crippen LogP contribution is 2.26. The van der Waals surface area contributed by atoms with Crippen molar-refractivity contribution in [2.24, 2.45) is 28.9 Å². The van der Waals surface area contributed by atoms with Gasteiger partial charge in [-0.25, -0.2) is 0 Å². The molecule has 168 valence electrons. The summed E-state index contributed by atoms with van der Waals surface area (Å²) in [4.78, 5) is 20.6. The average molecular weight is 421 g/mol. The molecule has 0 amide bonds. The molecule has 30 heavy (non-hydrogen) atoms. The topological polar surface area (TPSA) is 173 Å². The van der Waals surface area contributed by atoms with Gasteiger partial charge in [0.1, 0.15) is 0 Å². The number of anilines is 3. The van der Waals surface area contributed by atoms with Gasteiger partial charge in [-0.1, -0.05) is 0 Å². The van der Waals surface area contributed by atoms with E-state index in [-0.39, 0.29) is 36.7 Å². The van der Waals surface area contributed by atoms with Crippen molar-refractivity contribution in [1.82, 2.24) is 15.0 Å². The van der Waals surface area contributed by atoms with Crippen molar-refractivity contribution in [2.75, 3.05) is 60.6 Å². The molecule has 0 bridgehead atoms. The molecule has 5 unspecified atom stereocenters. The number of aliphatic hydroxyl groups excluding tert-OH is 1. The third kappa shape index (κ3) is 4.92. The van der Waals surface area contributed by atoms with Crippen LogP contribution in [-0.2, 0) is 0 Å². The van der Waals surface area contributed by atoms with Crippen LogP contribution in [0.5, 0.6) is 0 Å². The molecule has 4 rings (SSSR count). The summed E-state index contributed by atoms with van der Waals surface area (Å²) in [5, 5.41) is 9.64. The summed E-state index contributed by atoms with van der Waals surface area (Å²) in [6, 6.07) is -0.0444. The van der Waals surface area contributed by atoms with Crippen molar-refractivity contribution < 1.29 is 5.11 Å².